The molecule has 0 aliphatic carbocycles. The molecule has 0 saturated carbocycles. The molecule has 0 fully saturated rings. The molecule has 0 bridgehead atoms. The highest BCUT2D eigenvalue weighted by Gasteiger charge is 1.99. The second-order valence-corrected chi connectivity index (χ2v) is 3.92. The van der Waals surface area contributed by atoms with Crippen LogP contribution in [-0.2, 0) is 17.8 Å². The Morgan fingerprint density at radius 3 is 2.89 bits per heavy atom. The number of hydrogen-bond donors (Lipinski definition) is 3. The Kier molecular flexibility index (Phi) is 8.32. The summed E-state index contributed by atoms with van der Waals surface area (Å²) in [5, 5.41) is 28.4. The number of nitrogens with zero attached hydrogens (tertiary/aromatic N) is 3. The molecule has 7 heteroatoms. The van der Waals surface area contributed by atoms with Crippen LogP contribution in [0, 0.1) is 0 Å². The molecule has 0 aromatic carbocycles. The van der Waals surface area contributed by atoms with Crippen molar-refractivity contribution in [2.75, 3.05) is 33.0 Å². The molecule has 0 aliphatic heterocycles. The lowest BCUT2D eigenvalue weighted by atomic mass is 10.4. The van der Waals surface area contributed by atoms with Crippen LogP contribution < -0.4 is 5.32 Å². The third kappa shape index (κ3) is 6.65. The monoisotopic (exact) mass is 258 g/mol. The maximum absolute atomic E-state index is 8.70. The molecule has 1 aromatic rings. The molecule has 1 rings (SSSR count). The molecule has 0 amide bonds. The Hall–Kier alpha value is -1.02. The Morgan fingerprint density at radius 2 is 2.11 bits per heavy atom. The summed E-state index contributed by atoms with van der Waals surface area (Å²) < 4.78 is 6.87. The lowest BCUT2D eigenvalue weighted by Crippen LogP contribution is -2.17. The molecule has 1 aromatic heterocycles. The average Bonchev–Trinajstić information content (AvgIpc) is 2.83. The molecule has 18 heavy (non-hydrogen) atoms. The van der Waals surface area contributed by atoms with Gasteiger partial charge in [0.25, 0.3) is 0 Å². The molecule has 0 atom stereocenters. The molecule has 0 saturated heterocycles. The van der Waals surface area contributed by atoms with Crippen LogP contribution in [0.1, 0.15) is 18.5 Å². The van der Waals surface area contributed by atoms with Crippen LogP contribution in [-0.4, -0.2) is 58.2 Å². The van der Waals surface area contributed by atoms with Gasteiger partial charge in [-0.25, -0.2) is 0 Å². The van der Waals surface area contributed by atoms with Gasteiger partial charge in [-0.2, -0.15) is 0 Å². The number of aryl methyl sites for hydroxylation is 1. The summed E-state index contributed by atoms with van der Waals surface area (Å²) in [4.78, 5) is 0. The van der Waals surface area contributed by atoms with Crippen molar-refractivity contribution >= 4 is 0 Å². The van der Waals surface area contributed by atoms with Crippen LogP contribution in [0.15, 0.2) is 6.20 Å². The number of rotatable bonds is 11. The SMILES string of the molecule is OCCCn1cc(CNCCCOCCO)nn1. The van der Waals surface area contributed by atoms with E-state index in [0.717, 1.165) is 18.7 Å². The van der Waals surface area contributed by atoms with E-state index in [0.29, 0.717) is 32.7 Å². The zero-order valence-corrected chi connectivity index (χ0v) is 10.6. The topological polar surface area (TPSA) is 92.4 Å². The van der Waals surface area contributed by atoms with Gasteiger partial charge in [0.2, 0.25) is 0 Å². The van der Waals surface area contributed by atoms with Gasteiger partial charge in [0.1, 0.15) is 0 Å². The molecule has 0 aliphatic rings. The first-order valence-electron chi connectivity index (χ1n) is 6.26. The highest BCUT2D eigenvalue weighted by atomic mass is 16.5. The fourth-order valence-corrected chi connectivity index (χ4v) is 1.44. The molecule has 1 heterocycles. The van der Waals surface area contributed by atoms with Gasteiger partial charge in [-0.1, -0.05) is 5.21 Å². The van der Waals surface area contributed by atoms with Crippen LogP contribution in [0.5, 0.6) is 0 Å². The lowest BCUT2D eigenvalue weighted by molar-refractivity contribution is 0.0907. The summed E-state index contributed by atoms with van der Waals surface area (Å²) in [7, 11) is 0. The van der Waals surface area contributed by atoms with Gasteiger partial charge in [-0.05, 0) is 19.4 Å². The molecule has 0 radical (unpaired) electrons. The van der Waals surface area contributed by atoms with Crippen molar-refractivity contribution in [3.05, 3.63) is 11.9 Å². The van der Waals surface area contributed by atoms with E-state index in [4.69, 9.17) is 14.9 Å². The fraction of sp³-hybridized carbons (Fsp3) is 0.818. The zero-order chi connectivity index (χ0) is 13.1. The number of aliphatic hydroxyl groups excluding tert-OH is 2. The van der Waals surface area contributed by atoms with Gasteiger partial charge in [-0.3, -0.25) is 4.68 Å². The van der Waals surface area contributed by atoms with Crippen molar-refractivity contribution in [2.24, 2.45) is 0 Å². The minimum absolute atomic E-state index is 0.0738. The Labute approximate surface area is 107 Å². The number of aliphatic hydroxyl groups is 2. The van der Waals surface area contributed by atoms with Crippen LogP contribution in [0.25, 0.3) is 0 Å². The second-order valence-electron chi connectivity index (χ2n) is 3.92. The van der Waals surface area contributed by atoms with Gasteiger partial charge in [-0.15, -0.1) is 5.10 Å². The minimum atomic E-state index is 0.0738. The van der Waals surface area contributed by atoms with E-state index < -0.39 is 0 Å². The number of aromatic nitrogens is 3. The zero-order valence-electron chi connectivity index (χ0n) is 10.6. The lowest BCUT2D eigenvalue weighted by Gasteiger charge is -2.03. The largest absolute Gasteiger partial charge is 0.396 e. The van der Waals surface area contributed by atoms with Crippen molar-refractivity contribution in [3.8, 4) is 0 Å². The van der Waals surface area contributed by atoms with Crippen LogP contribution in [0.3, 0.4) is 0 Å². The number of ether oxygens (including phenoxy) is 1. The van der Waals surface area contributed by atoms with Gasteiger partial charge in [0.05, 0.1) is 18.9 Å². The number of hydrogen-bond acceptors (Lipinski definition) is 6. The molecule has 7 nitrogen and oxygen atoms in total. The number of nitrogens with one attached hydrogen (secondary N) is 1. The van der Waals surface area contributed by atoms with E-state index >= 15 is 0 Å². The minimum Gasteiger partial charge on any atom is -0.396 e. The quantitative estimate of drug-likeness (QED) is 0.448. The van der Waals surface area contributed by atoms with Crippen LogP contribution >= 0.6 is 0 Å². The van der Waals surface area contributed by atoms with Crippen molar-refractivity contribution in [1.82, 2.24) is 20.3 Å². The predicted octanol–water partition coefficient (Wildman–Crippen LogP) is -0.851. The maximum atomic E-state index is 8.70. The summed E-state index contributed by atoms with van der Waals surface area (Å²) in [5.41, 5.74) is 0.893. The van der Waals surface area contributed by atoms with Crippen LogP contribution in [0.2, 0.25) is 0 Å². The van der Waals surface area contributed by atoms with E-state index in [1.165, 1.54) is 0 Å². The molecular weight excluding hydrogens is 236 g/mol. The van der Waals surface area contributed by atoms with E-state index in [1.54, 1.807) is 4.68 Å². The third-order valence-corrected chi connectivity index (χ3v) is 2.32. The summed E-state index contributed by atoms with van der Waals surface area (Å²) in [5.74, 6) is 0. The Morgan fingerprint density at radius 1 is 1.22 bits per heavy atom. The maximum Gasteiger partial charge on any atom is 0.0964 e. The summed E-state index contributed by atoms with van der Waals surface area (Å²) in [6.07, 6.45) is 3.47. The first-order chi connectivity index (χ1) is 8.86. The van der Waals surface area contributed by atoms with Gasteiger partial charge in [0.15, 0.2) is 0 Å². The molecule has 0 unspecified atom stereocenters. The summed E-state index contributed by atoms with van der Waals surface area (Å²) in [6.45, 7) is 3.51. The van der Waals surface area contributed by atoms with Crippen molar-refractivity contribution in [2.45, 2.75) is 25.9 Å². The Bertz CT molecular complexity index is 306. The van der Waals surface area contributed by atoms with E-state index in [2.05, 4.69) is 15.6 Å². The first kappa shape index (κ1) is 15.0. The standard InChI is InChI=1S/C11H22N4O3/c16-5-2-4-15-10-11(13-14-15)9-12-3-1-7-18-8-6-17/h10,12,16-17H,1-9H2. The molecule has 104 valence electrons. The molecular formula is C11H22N4O3. The fourth-order valence-electron chi connectivity index (χ4n) is 1.44. The smallest absolute Gasteiger partial charge is 0.0964 e. The molecule has 3 N–H and O–H groups in total. The normalized spacial score (nSPS) is 11.0. The highest BCUT2D eigenvalue weighted by Crippen LogP contribution is 1.94. The van der Waals surface area contributed by atoms with E-state index in [-0.39, 0.29) is 13.2 Å². The van der Waals surface area contributed by atoms with Crippen molar-refractivity contribution < 1.29 is 14.9 Å². The average molecular weight is 258 g/mol. The van der Waals surface area contributed by atoms with E-state index in [9.17, 15) is 0 Å². The predicted molar refractivity (Wildman–Crippen MR) is 66.0 cm³/mol. The highest BCUT2D eigenvalue weighted by molar-refractivity contribution is 4.91. The van der Waals surface area contributed by atoms with Gasteiger partial charge in [0, 0.05) is 32.5 Å². The van der Waals surface area contributed by atoms with Crippen molar-refractivity contribution in [3.63, 3.8) is 0 Å². The summed E-state index contributed by atoms with van der Waals surface area (Å²) in [6, 6.07) is 0. The van der Waals surface area contributed by atoms with Crippen LogP contribution in [0.4, 0.5) is 0 Å². The first-order valence-corrected chi connectivity index (χ1v) is 6.26. The molecule has 0 spiro atoms. The summed E-state index contributed by atoms with van der Waals surface area (Å²) >= 11 is 0. The second kappa shape index (κ2) is 9.95. The van der Waals surface area contributed by atoms with E-state index in [1.807, 2.05) is 6.20 Å². The third-order valence-electron chi connectivity index (χ3n) is 2.32. The van der Waals surface area contributed by atoms with Crippen molar-refractivity contribution in [1.29, 1.82) is 0 Å². The van der Waals surface area contributed by atoms with Gasteiger partial charge >= 0.3 is 0 Å². The Balaban J connectivity index is 2.03. The van der Waals surface area contributed by atoms with Gasteiger partial charge < -0.3 is 20.3 Å².